The monoisotopic (exact) mass is 370 g/mol. The number of H-pyrrole nitrogens is 1. The van der Waals surface area contributed by atoms with Crippen LogP contribution in [-0.4, -0.2) is 10.8 Å². The van der Waals surface area contributed by atoms with Crippen molar-refractivity contribution in [3.63, 3.8) is 0 Å². The lowest BCUT2D eigenvalue weighted by Crippen LogP contribution is -2.35. The molecule has 5 rings (SSSR count). The van der Waals surface area contributed by atoms with Gasteiger partial charge in [0.2, 0.25) is 0 Å². The molecule has 0 amide bonds. The first-order chi connectivity index (χ1) is 13.4. The SMILES string of the molecule is CC1(C)CC(=O)C2=C(C1)Nc1[nH]c(=O)c3ccccc3c1[C@@H]2c1ccccc1. The molecule has 0 bridgehead atoms. The van der Waals surface area contributed by atoms with Crippen LogP contribution < -0.4 is 10.9 Å². The number of hydrogen-bond acceptors (Lipinski definition) is 3. The van der Waals surface area contributed by atoms with Gasteiger partial charge in [0.05, 0.1) is 0 Å². The van der Waals surface area contributed by atoms with E-state index in [0.29, 0.717) is 17.6 Å². The van der Waals surface area contributed by atoms with Gasteiger partial charge in [-0.2, -0.15) is 0 Å². The van der Waals surface area contributed by atoms with Gasteiger partial charge in [-0.1, -0.05) is 62.4 Å². The van der Waals surface area contributed by atoms with Crippen LogP contribution in [0.25, 0.3) is 10.8 Å². The van der Waals surface area contributed by atoms with Gasteiger partial charge in [-0.25, -0.2) is 0 Å². The van der Waals surface area contributed by atoms with E-state index in [0.717, 1.165) is 34.2 Å². The highest BCUT2D eigenvalue weighted by molar-refractivity contribution is 6.03. The highest BCUT2D eigenvalue weighted by Crippen LogP contribution is 2.49. The van der Waals surface area contributed by atoms with Gasteiger partial charge in [0.25, 0.3) is 5.56 Å². The summed E-state index contributed by atoms with van der Waals surface area (Å²) in [5.74, 6) is 0.716. The van der Waals surface area contributed by atoms with Crippen LogP contribution in [0.1, 0.15) is 43.7 Å². The van der Waals surface area contributed by atoms with Crippen molar-refractivity contribution < 1.29 is 4.79 Å². The fourth-order valence-electron chi connectivity index (χ4n) is 4.75. The van der Waals surface area contributed by atoms with Crippen molar-refractivity contribution in [2.24, 2.45) is 5.41 Å². The minimum atomic E-state index is -0.183. The number of anilines is 1. The Morgan fingerprint density at radius 2 is 1.57 bits per heavy atom. The standard InChI is InChI=1S/C24H22N2O2/c1-24(2)12-17-21(18(27)13-24)19(14-8-4-3-5-9-14)20-15-10-6-7-11-16(15)23(28)26-22(20)25-17/h3-11,19H,12-13H2,1-2H3,(H2,25,26,28)/t19-/m0/s1. The lowest BCUT2D eigenvalue weighted by atomic mass is 9.68. The quantitative estimate of drug-likeness (QED) is 0.651. The zero-order valence-corrected chi connectivity index (χ0v) is 16.0. The normalized spacial score (nSPS) is 20.5. The first kappa shape index (κ1) is 17.0. The average molecular weight is 370 g/mol. The molecule has 2 aromatic carbocycles. The molecule has 2 aliphatic rings. The lowest BCUT2D eigenvalue weighted by molar-refractivity contribution is -0.118. The Labute approximate surface area is 163 Å². The van der Waals surface area contributed by atoms with Crippen LogP contribution in [0.5, 0.6) is 0 Å². The number of carbonyl (C=O) groups is 1. The molecule has 1 aliphatic heterocycles. The van der Waals surface area contributed by atoms with E-state index in [9.17, 15) is 9.59 Å². The van der Waals surface area contributed by atoms with Gasteiger partial charge in [0, 0.05) is 34.6 Å². The first-order valence-electron chi connectivity index (χ1n) is 9.68. The third-order valence-corrected chi connectivity index (χ3v) is 5.88. The van der Waals surface area contributed by atoms with Crippen molar-refractivity contribution in [2.45, 2.75) is 32.6 Å². The summed E-state index contributed by atoms with van der Waals surface area (Å²) in [6.45, 7) is 4.24. The Balaban J connectivity index is 1.86. The molecule has 140 valence electrons. The van der Waals surface area contributed by atoms with Crippen molar-refractivity contribution in [1.29, 1.82) is 0 Å². The van der Waals surface area contributed by atoms with Crippen LogP contribution in [0.2, 0.25) is 0 Å². The van der Waals surface area contributed by atoms with E-state index in [1.54, 1.807) is 0 Å². The summed E-state index contributed by atoms with van der Waals surface area (Å²) >= 11 is 0. The van der Waals surface area contributed by atoms with E-state index >= 15 is 0 Å². The number of allylic oxidation sites excluding steroid dienone is 2. The van der Waals surface area contributed by atoms with Crippen LogP contribution in [0.4, 0.5) is 5.82 Å². The Morgan fingerprint density at radius 3 is 2.32 bits per heavy atom. The average Bonchev–Trinajstić information content (AvgIpc) is 2.66. The third kappa shape index (κ3) is 2.52. The minimum Gasteiger partial charge on any atom is -0.345 e. The molecule has 4 heteroatoms. The van der Waals surface area contributed by atoms with Crippen molar-refractivity contribution in [3.8, 4) is 0 Å². The summed E-state index contributed by atoms with van der Waals surface area (Å²) in [5, 5.41) is 4.97. The maximum atomic E-state index is 13.3. The fraction of sp³-hybridized carbons (Fsp3) is 0.250. The molecule has 2 heterocycles. The van der Waals surface area contributed by atoms with Crippen LogP contribution >= 0.6 is 0 Å². The molecule has 1 atom stereocenters. The van der Waals surface area contributed by atoms with Gasteiger partial charge in [-0.05, 0) is 28.9 Å². The van der Waals surface area contributed by atoms with Gasteiger partial charge in [0.15, 0.2) is 5.78 Å². The van der Waals surface area contributed by atoms with Gasteiger partial charge in [-0.15, -0.1) is 0 Å². The predicted molar refractivity (Wildman–Crippen MR) is 112 cm³/mol. The topological polar surface area (TPSA) is 62.0 Å². The second kappa shape index (κ2) is 5.93. The fourth-order valence-corrected chi connectivity index (χ4v) is 4.75. The smallest absolute Gasteiger partial charge is 0.257 e. The van der Waals surface area contributed by atoms with Crippen LogP contribution in [0.15, 0.2) is 70.7 Å². The summed E-state index contributed by atoms with van der Waals surface area (Å²) in [4.78, 5) is 29.0. The number of carbonyl (C=O) groups excluding carboxylic acids is 1. The molecule has 0 unspecified atom stereocenters. The molecular weight excluding hydrogens is 348 g/mol. The molecule has 2 N–H and O–H groups in total. The zero-order valence-electron chi connectivity index (χ0n) is 16.0. The molecule has 28 heavy (non-hydrogen) atoms. The van der Waals surface area contributed by atoms with Crippen LogP contribution in [0, 0.1) is 5.41 Å². The summed E-state index contributed by atoms with van der Waals surface area (Å²) in [6.07, 6.45) is 1.32. The molecule has 1 aromatic heterocycles. The van der Waals surface area contributed by atoms with Crippen molar-refractivity contribution in [2.75, 3.05) is 5.32 Å². The number of pyridine rings is 1. The van der Waals surface area contributed by atoms with Gasteiger partial charge >= 0.3 is 0 Å². The molecule has 4 nitrogen and oxygen atoms in total. The molecule has 0 saturated carbocycles. The number of nitrogens with one attached hydrogen (secondary N) is 2. The van der Waals surface area contributed by atoms with E-state index in [1.165, 1.54) is 0 Å². The van der Waals surface area contributed by atoms with Gasteiger partial charge in [0.1, 0.15) is 5.82 Å². The van der Waals surface area contributed by atoms with Gasteiger partial charge in [-0.3, -0.25) is 9.59 Å². The van der Waals surface area contributed by atoms with E-state index < -0.39 is 0 Å². The molecule has 0 radical (unpaired) electrons. The highest BCUT2D eigenvalue weighted by Gasteiger charge is 2.41. The Hall–Kier alpha value is -3.14. The van der Waals surface area contributed by atoms with E-state index in [4.69, 9.17) is 0 Å². The number of ketones is 1. The molecular formula is C24H22N2O2. The minimum absolute atomic E-state index is 0.0984. The molecule has 0 saturated heterocycles. The number of fused-ring (bicyclic) bond motifs is 3. The molecule has 1 aliphatic carbocycles. The largest absolute Gasteiger partial charge is 0.345 e. The van der Waals surface area contributed by atoms with Crippen LogP contribution in [-0.2, 0) is 4.79 Å². The summed E-state index contributed by atoms with van der Waals surface area (Å²) in [6, 6.07) is 17.8. The second-order valence-corrected chi connectivity index (χ2v) is 8.59. The van der Waals surface area contributed by atoms with Crippen LogP contribution in [0.3, 0.4) is 0 Å². The Morgan fingerprint density at radius 1 is 0.893 bits per heavy atom. The molecule has 0 spiro atoms. The summed E-state index contributed by atoms with van der Waals surface area (Å²) in [7, 11) is 0. The number of benzene rings is 2. The van der Waals surface area contributed by atoms with E-state index in [-0.39, 0.29) is 22.7 Å². The van der Waals surface area contributed by atoms with E-state index in [1.807, 2.05) is 42.5 Å². The maximum absolute atomic E-state index is 13.3. The lowest BCUT2D eigenvalue weighted by Gasteiger charge is -2.39. The number of aromatic amines is 1. The highest BCUT2D eigenvalue weighted by atomic mass is 16.1. The zero-order chi connectivity index (χ0) is 19.5. The summed E-state index contributed by atoms with van der Waals surface area (Å²) in [5.41, 5.74) is 3.62. The van der Waals surface area contributed by atoms with Crippen molar-refractivity contribution in [3.05, 3.63) is 87.3 Å². The van der Waals surface area contributed by atoms with Crippen molar-refractivity contribution >= 4 is 22.4 Å². The Kier molecular flexibility index (Phi) is 3.60. The Bertz CT molecular complexity index is 1200. The molecule has 0 fully saturated rings. The number of rotatable bonds is 1. The van der Waals surface area contributed by atoms with Gasteiger partial charge < -0.3 is 10.3 Å². The second-order valence-electron chi connectivity index (χ2n) is 8.59. The van der Waals surface area contributed by atoms with Crippen molar-refractivity contribution in [1.82, 2.24) is 4.98 Å². The predicted octanol–water partition coefficient (Wildman–Crippen LogP) is 4.73. The summed E-state index contributed by atoms with van der Waals surface area (Å²) < 4.78 is 0. The number of aromatic nitrogens is 1. The molecule has 3 aromatic rings. The maximum Gasteiger partial charge on any atom is 0.257 e. The number of Topliss-reactive ketones (excluding diaryl/α,β-unsaturated/α-hetero) is 1. The number of hydrogen-bond donors (Lipinski definition) is 2. The third-order valence-electron chi connectivity index (χ3n) is 5.88. The first-order valence-corrected chi connectivity index (χ1v) is 9.68. The van der Waals surface area contributed by atoms with E-state index in [2.05, 4.69) is 36.3 Å².